The van der Waals surface area contributed by atoms with Crippen LogP contribution < -0.4 is 0 Å². The van der Waals surface area contributed by atoms with Gasteiger partial charge < -0.3 is 4.42 Å². The van der Waals surface area contributed by atoms with Crippen LogP contribution in [0.5, 0.6) is 0 Å². The van der Waals surface area contributed by atoms with Crippen molar-refractivity contribution in [2.24, 2.45) is 0 Å². The fourth-order valence-electron chi connectivity index (χ4n) is 1.85. The maximum absolute atomic E-state index is 4.98. The Bertz CT molecular complexity index is 549. The quantitative estimate of drug-likeness (QED) is 0.617. The van der Waals surface area contributed by atoms with E-state index in [4.69, 9.17) is 4.42 Å². The summed E-state index contributed by atoms with van der Waals surface area (Å²) in [6.45, 7) is 6.36. The fourth-order valence-corrected chi connectivity index (χ4v) is 1.85. The SMILES string of the molecule is CCc1ccccc1.CCc1ccco1.CCc1ccncc1. The first kappa shape index (κ1) is 18.7. The van der Waals surface area contributed by atoms with Crippen LogP contribution in [0.1, 0.15) is 37.7 Å². The van der Waals surface area contributed by atoms with Crippen molar-refractivity contribution in [3.8, 4) is 0 Å². The number of aryl methyl sites for hydroxylation is 3. The van der Waals surface area contributed by atoms with Gasteiger partial charge >= 0.3 is 0 Å². The molecule has 1 aromatic carbocycles. The molecule has 0 saturated carbocycles. The molecule has 3 aromatic rings. The zero-order valence-electron chi connectivity index (χ0n) is 14.4. The Balaban J connectivity index is 0.000000173. The van der Waals surface area contributed by atoms with E-state index in [1.165, 1.54) is 11.1 Å². The first-order valence-corrected chi connectivity index (χ1v) is 8.25. The Morgan fingerprint density at radius 1 is 0.696 bits per heavy atom. The van der Waals surface area contributed by atoms with E-state index in [2.05, 4.69) is 50.0 Å². The zero-order valence-corrected chi connectivity index (χ0v) is 14.4. The van der Waals surface area contributed by atoms with E-state index in [1.54, 1.807) is 6.26 Å². The topological polar surface area (TPSA) is 26.0 Å². The van der Waals surface area contributed by atoms with E-state index < -0.39 is 0 Å². The Labute approximate surface area is 140 Å². The molecule has 0 radical (unpaired) electrons. The van der Waals surface area contributed by atoms with Gasteiger partial charge in [-0.1, -0.05) is 51.1 Å². The average molecular weight is 309 g/mol. The lowest BCUT2D eigenvalue weighted by Crippen LogP contribution is -1.76. The molecule has 2 aromatic heterocycles. The van der Waals surface area contributed by atoms with Crippen molar-refractivity contribution in [3.63, 3.8) is 0 Å². The number of benzene rings is 1. The van der Waals surface area contributed by atoms with Crippen LogP contribution in [0.4, 0.5) is 0 Å². The molecular weight excluding hydrogens is 282 g/mol. The summed E-state index contributed by atoms with van der Waals surface area (Å²) in [5.41, 5.74) is 2.76. The van der Waals surface area contributed by atoms with Gasteiger partial charge in [-0.15, -0.1) is 0 Å². The number of furan rings is 1. The number of pyridine rings is 1. The third-order valence-corrected chi connectivity index (χ3v) is 3.34. The zero-order chi connectivity index (χ0) is 16.8. The van der Waals surface area contributed by atoms with Gasteiger partial charge in [0.05, 0.1) is 6.26 Å². The first-order valence-electron chi connectivity index (χ1n) is 8.25. The minimum absolute atomic E-state index is 0.993. The Kier molecular flexibility index (Phi) is 9.93. The number of hydrogen-bond acceptors (Lipinski definition) is 2. The van der Waals surface area contributed by atoms with Crippen LogP contribution in [-0.2, 0) is 19.3 Å². The van der Waals surface area contributed by atoms with Gasteiger partial charge in [-0.25, -0.2) is 0 Å². The molecular formula is C21H27NO. The fraction of sp³-hybridized carbons (Fsp3) is 0.286. The second-order valence-corrected chi connectivity index (χ2v) is 4.98. The summed E-state index contributed by atoms with van der Waals surface area (Å²) in [4.78, 5) is 3.89. The molecule has 0 amide bonds. The second-order valence-electron chi connectivity index (χ2n) is 4.98. The molecule has 0 aliphatic heterocycles. The highest BCUT2D eigenvalue weighted by molar-refractivity contribution is 5.13. The number of hydrogen-bond donors (Lipinski definition) is 0. The van der Waals surface area contributed by atoms with Gasteiger partial charge in [-0.2, -0.15) is 0 Å². The van der Waals surface area contributed by atoms with Gasteiger partial charge in [-0.3, -0.25) is 4.98 Å². The van der Waals surface area contributed by atoms with Crippen LogP contribution in [-0.4, -0.2) is 4.98 Å². The highest BCUT2D eigenvalue weighted by Gasteiger charge is 1.84. The number of rotatable bonds is 3. The van der Waals surface area contributed by atoms with Gasteiger partial charge in [0.1, 0.15) is 5.76 Å². The summed E-state index contributed by atoms with van der Waals surface area (Å²) in [6, 6.07) is 18.4. The van der Waals surface area contributed by atoms with Crippen molar-refractivity contribution in [2.75, 3.05) is 0 Å². The van der Waals surface area contributed by atoms with Crippen LogP contribution in [0, 0.1) is 0 Å². The van der Waals surface area contributed by atoms with Crippen molar-refractivity contribution in [1.29, 1.82) is 0 Å². The van der Waals surface area contributed by atoms with Gasteiger partial charge in [-0.05, 0) is 48.2 Å². The van der Waals surface area contributed by atoms with Crippen molar-refractivity contribution in [2.45, 2.75) is 40.0 Å². The van der Waals surface area contributed by atoms with Crippen LogP contribution in [0.2, 0.25) is 0 Å². The first-order chi connectivity index (χ1) is 11.3. The van der Waals surface area contributed by atoms with E-state index in [9.17, 15) is 0 Å². The van der Waals surface area contributed by atoms with Crippen molar-refractivity contribution < 1.29 is 4.42 Å². The molecule has 0 saturated heterocycles. The summed E-state index contributed by atoms with van der Waals surface area (Å²) in [6.07, 6.45) is 8.56. The van der Waals surface area contributed by atoms with E-state index in [-0.39, 0.29) is 0 Å². The van der Waals surface area contributed by atoms with Gasteiger partial charge in [0.15, 0.2) is 0 Å². The van der Waals surface area contributed by atoms with Crippen LogP contribution in [0.25, 0.3) is 0 Å². The van der Waals surface area contributed by atoms with E-state index >= 15 is 0 Å². The summed E-state index contributed by atoms with van der Waals surface area (Å²) in [5.74, 6) is 1.06. The Morgan fingerprint density at radius 3 is 1.65 bits per heavy atom. The molecule has 122 valence electrons. The van der Waals surface area contributed by atoms with Crippen LogP contribution >= 0.6 is 0 Å². The van der Waals surface area contributed by atoms with E-state index in [0.29, 0.717) is 0 Å². The summed E-state index contributed by atoms with van der Waals surface area (Å²) in [5, 5.41) is 0. The molecule has 2 nitrogen and oxygen atoms in total. The van der Waals surface area contributed by atoms with Gasteiger partial charge in [0.2, 0.25) is 0 Å². The third-order valence-electron chi connectivity index (χ3n) is 3.34. The lowest BCUT2D eigenvalue weighted by atomic mass is 10.2. The molecule has 0 fully saturated rings. The lowest BCUT2D eigenvalue weighted by Gasteiger charge is -1.89. The Hall–Kier alpha value is -2.35. The number of aromatic nitrogens is 1. The highest BCUT2D eigenvalue weighted by atomic mass is 16.3. The molecule has 0 aliphatic rings. The van der Waals surface area contributed by atoms with E-state index in [1.807, 2.05) is 42.7 Å². The lowest BCUT2D eigenvalue weighted by molar-refractivity contribution is 0.516. The third kappa shape index (κ3) is 8.62. The Morgan fingerprint density at radius 2 is 1.30 bits per heavy atom. The molecule has 0 bridgehead atoms. The van der Waals surface area contributed by atoms with Gasteiger partial charge in [0.25, 0.3) is 0 Å². The molecule has 2 heterocycles. The molecule has 0 unspecified atom stereocenters. The second kappa shape index (κ2) is 12.2. The smallest absolute Gasteiger partial charge is 0.103 e. The molecule has 0 aliphatic carbocycles. The summed E-state index contributed by atoms with van der Waals surface area (Å²) < 4.78 is 4.98. The molecule has 3 rings (SSSR count). The van der Waals surface area contributed by atoms with E-state index in [0.717, 1.165) is 25.0 Å². The van der Waals surface area contributed by atoms with Crippen LogP contribution in [0.15, 0.2) is 77.7 Å². The van der Waals surface area contributed by atoms with Crippen LogP contribution in [0.3, 0.4) is 0 Å². The molecule has 0 spiro atoms. The van der Waals surface area contributed by atoms with Crippen molar-refractivity contribution in [3.05, 3.63) is 90.1 Å². The predicted octanol–water partition coefficient (Wildman–Crippen LogP) is 5.74. The maximum Gasteiger partial charge on any atom is 0.103 e. The average Bonchev–Trinajstić information content (AvgIpc) is 3.18. The number of nitrogens with zero attached hydrogens (tertiary/aromatic N) is 1. The highest BCUT2D eigenvalue weighted by Crippen LogP contribution is 1.98. The summed E-state index contributed by atoms with van der Waals surface area (Å²) in [7, 11) is 0. The predicted molar refractivity (Wildman–Crippen MR) is 97.5 cm³/mol. The largest absolute Gasteiger partial charge is 0.469 e. The minimum Gasteiger partial charge on any atom is -0.469 e. The molecule has 23 heavy (non-hydrogen) atoms. The van der Waals surface area contributed by atoms with Gasteiger partial charge in [0, 0.05) is 18.8 Å². The summed E-state index contributed by atoms with van der Waals surface area (Å²) >= 11 is 0. The molecule has 0 N–H and O–H groups in total. The molecule has 0 atom stereocenters. The monoisotopic (exact) mass is 309 g/mol. The normalized spacial score (nSPS) is 9.17. The van der Waals surface area contributed by atoms with Crippen molar-refractivity contribution in [1.82, 2.24) is 4.98 Å². The standard InChI is InChI=1S/C8H10.C7H9N.C6H8O/c1-2-8-6-4-3-5-7-8;1-2-7-3-5-8-6-4-7;1-2-6-4-3-5-7-6/h3-7H,2H2,1H3;3-6H,2H2,1H3;3-5H,2H2,1H3. The van der Waals surface area contributed by atoms with Crippen molar-refractivity contribution >= 4 is 0 Å². The molecule has 2 heteroatoms. The minimum atomic E-state index is 0.993. The maximum atomic E-state index is 4.98.